The number of rotatable bonds is 5. The molecule has 6 nitrogen and oxygen atoms in total. The third kappa shape index (κ3) is 5.20. The SMILES string of the molecule is C[C@@H](Oc1ccc2[nH]nc(-c3cccc(C(=O)N4CCCCCCC4)c3)c2c1)c1c(Cl)cncc1Cl. The van der Waals surface area contributed by atoms with E-state index in [-0.39, 0.29) is 12.0 Å². The lowest BCUT2D eigenvalue weighted by molar-refractivity contribution is 0.0742. The number of carbonyl (C=O) groups excluding carboxylic acids is 1. The fraction of sp³-hybridized carbons (Fsp3) is 0.321. The third-order valence-corrected chi connectivity index (χ3v) is 7.27. The Morgan fingerprint density at radius 2 is 1.72 bits per heavy atom. The molecule has 36 heavy (non-hydrogen) atoms. The molecule has 5 rings (SSSR count). The zero-order chi connectivity index (χ0) is 25.1. The van der Waals surface area contributed by atoms with Gasteiger partial charge >= 0.3 is 0 Å². The lowest BCUT2D eigenvalue weighted by atomic mass is 10.0. The second-order valence-corrected chi connectivity index (χ2v) is 10.0. The monoisotopic (exact) mass is 522 g/mol. The number of nitrogens with zero attached hydrogens (tertiary/aromatic N) is 3. The quantitative estimate of drug-likeness (QED) is 0.294. The summed E-state index contributed by atoms with van der Waals surface area (Å²) in [6, 6.07) is 13.5. The van der Waals surface area contributed by atoms with Gasteiger partial charge in [-0.25, -0.2) is 0 Å². The maximum absolute atomic E-state index is 13.3. The average molecular weight is 523 g/mol. The highest BCUT2D eigenvalue weighted by atomic mass is 35.5. The van der Waals surface area contributed by atoms with Gasteiger partial charge in [0.2, 0.25) is 0 Å². The zero-order valence-corrected chi connectivity index (χ0v) is 21.6. The summed E-state index contributed by atoms with van der Waals surface area (Å²) in [5.41, 5.74) is 3.91. The summed E-state index contributed by atoms with van der Waals surface area (Å²) in [5, 5.41) is 9.47. The molecule has 3 heterocycles. The van der Waals surface area contributed by atoms with Gasteiger partial charge in [0, 0.05) is 47.6 Å². The van der Waals surface area contributed by atoms with Gasteiger partial charge in [0.25, 0.3) is 5.91 Å². The van der Waals surface area contributed by atoms with E-state index in [0.29, 0.717) is 26.9 Å². The third-order valence-electron chi connectivity index (χ3n) is 6.67. The molecule has 1 fully saturated rings. The second-order valence-electron chi connectivity index (χ2n) is 9.20. The van der Waals surface area contributed by atoms with E-state index in [9.17, 15) is 4.79 Å². The van der Waals surface area contributed by atoms with Crippen LogP contribution < -0.4 is 4.74 Å². The van der Waals surface area contributed by atoms with Crippen molar-refractivity contribution in [3.05, 3.63) is 76.0 Å². The van der Waals surface area contributed by atoms with Crippen molar-refractivity contribution in [2.24, 2.45) is 0 Å². The number of pyridine rings is 1. The highest BCUT2D eigenvalue weighted by Crippen LogP contribution is 2.35. The molecule has 0 bridgehead atoms. The lowest BCUT2D eigenvalue weighted by Gasteiger charge is -2.25. The summed E-state index contributed by atoms with van der Waals surface area (Å²) >= 11 is 12.6. The van der Waals surface area contributed by atoms with Crippen molar-refractivity contribution in [2.45, 2.75) is 45.1 Å². The molecule has 0 spiro atoms. The highest BCUT2D eigenvalue weighted by molar-refractivity contribution is 6.35. The summed E-state index contributed by atoms with van der Waals surface area (Å²) in [4.78, 5) is 19.3. The number of fused-ring (bicyclic) bond motifs is 1. The van der Waals surface area contributed by atoms with Crippen molar-refractivity contribution in [3.63, 3.8) is 0 Å². The molecule has 186 valence electrons. The van der Waals surface area contributed by atoms with Crippen LogP contribution in [0.3, 0.4) is 0 Å². The van der Waals surface area contributed by atoms with Gasteiger partial charge in [-0.3, -0.25) is 14.9 Å². The van der Waals surface area contributed by atoms with Gasteiger partial charge in [-0.05, 0) is 50.1 Å². The van der Waals surface area contributed by atoms with Crippen LogP contribution in [0.1, 0.15) is 61.1 Å². The molecular weight excluding hydrogens is 495 g/mol. The van der Waals surface area contributed by atoms with Crippen molar-refractivity contribution < 1.29 is 9.53 Å². The smallest absolute Gasteiger partial charge is 0.253 e. The van der Waals surface area contributed by atoms with Crippen molar-refractivity contribution in [1.82, 2.24) is 20.1 Å². The molecule has 1 aliphatic rings. The Morgan fingerprint density at radius 3 is 2.47 bits per heavy atom. The van der Waals surface area contributed by atoms with Crippen LogP contribution in [0.25, 0.3) is 22.2 Å². The Kier molecular flexibility index (Phi) is 7.44. The fourth-order valence-corrected chi connectivity index (χ4v) is 5.46. The summed E-state index contributed by atoms with van der Waals surface area (Å²) in [6.45, 7) is 3.53. The first kappa shape index (κ1) is 24.6. The molecule has 1 N–H and O–H groups in total. The standard InChI is InChI=1S/C28H28Cl2N4O2/c1-18(26-23(29)16-31-17-24(26)30)36-21-10-11-25-22(15-21)27(33-32-25)19-8-7-9-20(14-19)28(35)34-12-5-3-2-4-6-13-34/h7-11,14-18H,2-6,12-13H2,1H3,(H,32,33)/t18-/m1/s1. The topological polar surface area (TPSA) is 71.1 Å². The molecule has 4 aromatic rings. The van der Waals surface area contributed by atoms with Crippen LogP contribution in [0.2, 0.25) is 10.0 Å². The van der Waals surface area contributed by atoms with E-state index in [1.165, 1.54) is 19.3 Å². The van der Waals surface area contributed by atoms with Crippen molar-refractivity contribution in [2.75, 3.05) is 13.1 Å². The van der Waals surface area contributed by atoms with E-state index < -0.39 is 0 Å². The minimum absolute atomic E-state index is 0.0857. The molecule has 2 aromatic heterocycles. The van der Waals surface area contributed by atoms with E-state index in [2.05, 4.69) is 15.2 Å². The number of hydrogen-bond acceptors (Lipinski definition) is 4. The van der Waals surface area contributed by atoms with Crippen LogP contribution in [0, 0.1) is 0 Å². The maximum atomic E-state index is 13.3. The van der Waals surface area contributed by atoms with Crippen LogP contribution in [0.4, 0.5) is 0 Å². The second kappa shape index (κ2) is 10.9. The molecule has 0 saturated carbocycles. The number of nitrogens with one attached hydrogen (secondary N) is 1. The van der Waals surface area contributed by atoms with E-state index in [1.807, 2.05) is 54.3 Å². The van der Waals surface area contributed by atoms with Gasteiger partial charge in [-0.15, -0.1) is 0 Å². The zero-order valence-electron chi connectivity index (χ0n) is 20.1. The van der Waals surface area contributed by atoms with E-state index in [1.54, 1.807) is 12.4 Å². The Balaban J connectivity index is 1.42. The fourth-order valence-electron chi connectivity index (χ4n) is 4.79. The molecule has 1 atom stereocenters. The van der Waals surface area contributed by atoms with E-state index >= 15 is 0 Å². The number of H-pyrrole nitrogens is 1. The molecule has 1 amide bonds. The first-order valence-electron chi connectivity index (χ1n) is 12.3. The number of aromatic nitrogens is 3. The van der Waals surface area contributed by atoms with Gasteiger partial charge in [0.05, 0.1) is 15.6 Å². The number of amides is 1. The Hall–Kier alpha value is -3.09. The number of likely N-dealkylation sites (tertiary alicyclic amines) is 1. The normalized spacial score (nSPS) is 15.4. The van der Waals surface area contributed by atoms with Crippen LogP contribution >= 0.6 is 23.2 Å². The van der Waals surface area contributed by atoms with Gasteiger partial charge in [-0.1, -0.05) is 54.6 Å². The minimum Gasteiger partial charge on any atom is -0.486 e. The molecular formula is C28H28Cl2N4O2. The van der Waals surface area contributed by atoms with E-state index in [4.69, 9.17) is 27.9 Å². The molecule has 0 aliphatic carbocycles. The number of benzene rings is 2. The summed E-state index contributed by atoms with van der Waals surface area (Å²) < 4.78 is 6.19. The van der Waals surface area contributed by atoms with Crippen LogP contribution in [-0.2, 0) is 0 Å². The van der Waals surface area contributed by atoms with Gasteiger partial charge in [-0.2, -0.15) is 5.10 Å². The molecule has 0 unspecified atom stereocenters. The number of carbonyl (C=O) groups is 1. The average Bonchev–Trinajstić information content (AvgIpc) is 3.27. The number of ether oxygens (including phenoxy) is 1. The largest absolute Gasteiger partial charge is 0.486 e. The molecule has 8 heteroatoms. The molecule has 1 saturated heterocycles. The molecule has 1 aliphatic heterocycles. The summed E-state index contributed by atoms with van der Waals surface area (Å²) in [6.07, 6.45) is 8.50. The van der Waals surface area contributed by atoms with Crippen LogP contribution in [0.5, 0.6) is 5.75 Å². The summed E-state index contributed by atoms with van der Waals surface area (Å²) in [7, 11) is 0. The van der Waals surface area contributed by atoms with Gasteiger partial charge in [0.15, 0.2) is 0 Å². The number of halogens is 2. The van der Waals surface area contributed by atoms with Crippen LogP contribution in [0.15, 0.2) is 54.9 Å². The van der Waals surface area contributed by atoms with Gasteiger partial charge < -0.3 is 9.64 Å². The van der Waals surface area contributed by atoms with E-state index in [0.717, 1.165) is 48.1 Å². The summed E-state index contributed by atoms with van der Waals surface area (Å²) in [5.74, 6) is 0.747. The predicted octanol–water partition coefficient (Wildman–Crippen LogP) is 7.48. The first-order valence-corrected chi connectivity index (χ1v) is 13.1. The number of hydrogen-bond donors (Lipinski definition) is 1. The minimum atomic E-state index is -0.375. The highest BCUT2D eigenvalue weighted by Gasteiger charge is 2.19. The Bertz CT molecular complexity index is 1360. The molecule has 2 aromatic carbocycles. The van der Waals surface area contributed by atoms with Crippen molar-refractivity contribution in [1.29, 1.82) is 0 Å². The predicted molar refractivity (Wildman–Crippen MR) is 144 cm³/mol. The van der Waals surface area contributed by atoms with Gasteiger partial charge in [0.1, 0.15) is 17.5 Å². The number of aromatic amines is 1. The Labute approximate surface area is 220 Å². The van der Waals surface area contributed by atoms with Crippen LogP contribution in [-0.4, -0.2) is 39.1 Å². The van der Waals surface area contributed by atoms with Crippen molar-refractivity contribution >= 4 is 40.0 Å². The van der Waals surface area contributed by atoms with Crippen molar-refractivity contribution in [3.8, 4) is 17.0 Å². The maximum Gasteiger partial charge on any atom is 0.253 e. The lowest BCUT2D eigenvalue weighted by Crippen LogP contribution is -2.33. The Morgan fingerprint density at radius 1 is 1.00 bits per heavy atom. The first-order chi connectivity index (χ1) is 17.5. The molecule has 0 radical (unpaired) electrons.